The standard InChI is InChI=1S/C15H15BrClN3O/c16-12-2-1-4-19-14(12)13(20-18)8-10-7-11(17)6-9-3-5-21-15(9)10/h1-2,4,6-7,13,20H,3,5,8,18H2. The van der Waals surface area contributed by atoms with Crippen LogP contribution in [0, 0.1) is 0 Å². The van der Waals surface area contributed by atoms with Crippen LogP contribution in [0.3, 0.4) is 0 Å². The molecule has 1 atom stereocenters. The van der Waals surface area contributed by atoms with Gasteiger partial charge in [0.05, 0.1) is 18.3 Å². The van der Waals surface area contributed by atoms with E-state index < -0.39 is 0 Å². The summed E-state index contributed by atoms with van der Waals surface area (Å²) in [7, 11) is 0. The van der Waals surface area contributed by atoms with Crippen molar-refractivity contribution >= 4 is 27.5 Å². The maximum Gasteiger partial charge on any atom is 0.125 e. The average Bonchev–Trinajstić information content (AvgIpc) is 2.93. The van der Waals surface area contributed by atoms with E-state index in [-0.39, 0.29) is 6.04 Å². The van der Waals surface area contributed by atoms with Crippen molar-refractivity contribution in [2.75, 3.05) is 6.61 Å². The van der Waals surface area contributed by atoms with Crippen molar-refractivity contribution in [3.8, 4) is 5.75 Å². The van der Waals surface area contributed by atoms with E-state index in [1.807, 2.05) is 24.3 Å². The van der Waals surface area contributed by atoms with Crippen LogP contribution in [0.25, 0.3) is 0 Å². The summed E-state index contributed by atoms with van der Waals surface area (Å²) in [5.41, 5.74) is 5.91. The number of ether oxygens (including phenoxy) is 1. The lowest BCUT2D eigenvalue weighted by molar-refractivity contribution is 0.351. The number of nitrogens with one attached hydrogen (secondary N) is 1. The second-order valence-electron chi connectivity index (χ2n) is 4.95. The van der Waals surface area contributed by atoms with Crippen LogP contribution in [0.15, 0.2) is 34.9 Å². The first-order valence-electron chi connectivity index (χ1n) is 6.69. The number of pyridine rings is 1. The number of halogens is 2. The van der Waals surface area contributed by atoms with Crippen molar-refractivity contribution in [2.24, 2.45) is 5.84 Å². The van der Waals surface area contributed by atoms with Gasteiger partial charge in [0.2, 0.25) is 0 Å². The molecule has 1 aromatic heterocycles. The molecule has 3 N–H and O–H groups in total. The summed E-state index contributed by atoms with van der Waals surface area (Å²) >= 11 is 9.71. The molecule has 0 aliphatic carbocycles. The fraction of sp³-hybridized carbons (Fsp3) is 0.267. The molecule has 0 spiro atoms. The number of hydrogen-bond acceptors (Lipinski definition) is 4. The molecule has 0 saturated carbocycles. The summed E-state index contributed by atoms with van der Waals surface area (Å²) in [5, 5.41) is 0.727. The molecule has 0 saturated heterocycles. The summed E-state index contributed by atoms with van der Waals surface area (Å²) in [6.07, 6.45) is 3.31. The predicted octanol–water partition coefficient (Wildman–Crippen LogP) is 3.18. The van der Waals surface area contributed by atoms with Gasteiger partial charge >= 0.3 is 0 Å². The average molecular weight is 369 g/mol. The van der Waals surface area contributed by atoms with Crippen LogP contribution in [-0.4, -0.2) is 11.6 Å². The maximum atomic E-state index is 6.20. The molecule has 1 unspecified atom stereocenters. The lowest BCUT2D eigenvalue weighted by atomic mass is 10.00. The number of hydrazine groups is 1. The van der Waals surface area contributed by atoms with Gasteiger partial charge in [-0.2, -0.15) is 0 Å². The van der Waals surface area contributed by atoms with Crippen molar-refractivity contribution in [2.45, 2.75) is 18.9 Å². The number of hydrogen-bond donors (Lipinski definition) is 2. The molecular weight excluding hydrogens is 354 g/mol. The third-order valence-corrected chi connectivity index (χ3v) is 4.46. The highest BCUT2D eigenvalue weighted by molar-refractivity contribution is 9.10. The van der Waals surface area contributed by atoms with Crippen LogP contribution in [0.1, 0.15) is 22.9 Å². The monoisotopic (exact) mass is 367 g/mol. The SMILES string of the molecule is NNC(Cc1cc(Cl)cc2c1OCC2)c1ncccc1Br. The smallest absolute Gasteiger partial charge is 0.125 e. The van der Waals surface area contributed by atoms with Crippen LogP contribution in [0.2, 0.25) is 5.02 Å². The Labute approximate surface area is 136 Å². The van der Waals surface area contributed by atoms with Gasteiger partial charge in [0.1, 0.15) is 5.75 Å². The molecule has 21 heavy (non-hydrogen) atoms. The Kier molecular flexibility index (Phi) is 4.45. The van der Waals surface area contributed by atoms with Gasteiger partial charge in [-0.3, -0.25) is 16.3 Å². The van der Waals surface area contributed by atoms with E-state index >= 15 is 0 Å². The molecule has 3 rings (SSSR count). The van der Waals surface area contributed by atoms with E-state index in [9.17, 15) is 0 Å². The van der Waals surface area contributed by atoms with Crippen LogP contribution in [-0.2, 0) is 12.8 Å². The zero-order chi connectivity index (χ0) is 14.8. The molecule has 110 valence electrons. The molecule has 0 fully saturated rings. The van der Waals surface area contributed by atoms with E-state index in [1.54, 1.807) is 6.20 Å². The quantitative estimate of drug-likeness (QED) is 0.643. The normalized spacial score (nSPS) is 14.6. The summed E-state index contributed by atoms with van der Waals surface area (Å²) in [6, 6.07) is 7.61. The van der Waals surface area contributed by atoms with Crippen molar-refractivity contribution in [1.29, 1.82) is 0 Å². The first-order chi connectivity index (χ1) is 10.2. The molecule has 1 aliphatic heterocycles. The van der Waals surface area contributed by atoms with E-state index in [0.29, 0.717) is 13.0 Å². The Balaban J connectivity index is 1.94. The molecule has 0 bridgehead atoms. The van der Waals surface area contributed by atoms with Crippen molar-refractivity contribution in [3.05, 3.63) is 56.8 Å². The number of fused-ring (bicyclic) bond motifs is 1. The van der Waals surface area contributed by atoms with Crippen LogP contribution in [0.4, 0.5) is 0 Å². The van der Waals surface area contributed by atoms with Crippen molar-refractivity contribution in [3.63, 3.8) is 0 Å². The number of aromatic nitrogens is 1. The van der Waals surface area contributed by atoms with E-state index in [2.05, 4.69) is 26.3 Å². The fourth-order valence-electron chi connectivity index (χ4n) is 2.61. The summed E-state index contributed by atoms with van der Waals surface area (Å²) in [6.45, 7) is 0.705. The third kappa shape index (κ3) is 3.06. The first kappa shape index (κ1) is 14.8. The van der Waals surface area contributed by atoms with Gasteiger partial charge in [0, 0.05) is 22.1 Å². The minimum absolute atomic E-state index is 0.118. The highest BCUT2D eigenvalue weighted by Gasteiger charge is 2.22. The molecule has 6 heteroatoms. The van der Waals surface area contributed by atoms with E-state index in [0.717, 1.165) is 38.5 Å². The summed E-state index contributed by atoms with van der Waals surface area (Å²) < 4.78 is 6.66. The van der Waals surface area contributed by atoms with Gasteiger partial charge in [-0.1, -0.05) is 11.6 Å². The van der Waals surface area contributed by atoms with Gasteiger partial charge in [-0.05, 0) is 57.7 Å². The number of benzene rings is 1. The van der Waals surface area contributed by atoms with Gasteiger partial charge in [0.15, 0.2) is 0 Å². The summed E-state index contributed by atoms with van der Waals surface area (Å²) in [5.74, 6) is 6.66. The van der Waals surface area contributed by atoms with Crippen LogP contribution < -0.4 is 16.0 Å². The second kappa shape index (κ2) is 6.32. The Hall–Kier alpha value is -1.14. The molecule has 4 nitrogen and oxygen atoms in total. The van der Waals surface area contributed by atoms with E-state index in [4.69, 9.17) is 22.2 Å². The van der Waals surface area contributed by atoms with Crippen molar-refractivity contribution < 1.29 is 4.74 Å². The molecule has 2 aromatic rings. The second-order valence-corrected chi connectivity index (χ2v) is 6.24. The maximum absolute atomic E-state index is 6.20. The number of rotatable bonds is 4. The Bertz CT molecular complexity index is 665. The van der Waals surface area contributed by atoms with Gasteiger partial charge < -0.3 is 4.74 Å². The zero-order valence-corrected chi connectivity index (χ0v) is 13.6. The van der Waals surface area contributed by atoms with Crippen LogP contribution >= 0.6 is 27.5 Å². The van der Waals surface area contributed by atoms with Gasteiger partial charge in [-0.15, -0.1) is 0 Å². The van der Waals surface area contributed by atoms with Crippen molar-refractivity contribution in [1.82, 2.24) is 10.4 Å². The molecule has 0 amide bonds. The third-order valence-electron chi connectivity index (χ3n) is 3.57. The Morgan fingerprint density at radius 1 is 1.48 bits per heavy atom. The molecule has 1 aliphatic rings. The predicted molar refractivity (Wildman–Crippen MR) is 86.4 cm³/mol. The summed E-state index contributed by atoms with van der Waals surface area (Å²) in [4.78, 5) is 4.40. The molecular formula is C15H15BrClN3O. The first-order valence-corrected chi connectivity index (χ1v) is 7.86. The fourth-order valence-corrected chi connectivity index (χ4v) is 3.40. The molecule has 2 heterocycles. The topological polar surface area (TPSA) is 60.2 Å². The highest BCUT2D eigenvalue weighted by atomic mass is 79.9. The number of nitrogens with two attached hydrogens (primary N) is 1. The molecule has 0 radical (unpaired) electrons. The Morgan fingerprint density at radius 2 is 2.33 bits per heavy atom. The largest absolute Gasteiger partial charge is 0.493 e. The minimum atomic E-state index is -0.118. The molecule has 1 aromatic carbocycles. The van der Waals surface area contributed by atoms with E-state index in [1.165, 1.54) is 0 Å². The Morgan fingerprint density at radius 3 is 3.10 bits per heavy atom. The lowest BCUT2D eigenvalue weighted by Crippen LogP contribution is -2.30. The van der Waals surface area contributed by atoms with Gasteiger partial charge in [0.25, 0.3) is 0 Å². The lowest BCUT2D eigenvalue weighted by Gasteiger charge is -2.18. The zero-order valence-electron chi connectivity index (χ0n) is 11.3. The minimum Gasteiger partial charge on any atom is -0.493 e. The number of nitrogens with zero attached hydrogens (tertiary/aromatic N) is 1. The van der Waals surface area contributed by atoms with Gasteiger partial charge in [-0.25, -0.2) is 0 Å². The highest BCUT2D eigenvalue weighted by Crippen LogP contribution is 2.35. The van der Waals surface area contributed by atoms with Crippen LogP contribution in [0.5, 0.6) is 5.75 Å².